The number of nitrogens with one attached hydrogen (secondary N) is 1. The molecule has 1 aliphatic heterocycles. The maximum Gasteiger partial charge on any atom is 0.133 e. The number of aromatic nitrogens is 4. The number of β-amino-alcohol motifs (C(OH)–C–C–N with tert-alkyl or cyclic N) is 1. The molecule has 3 heterocycles. The van der Waals surface area contributed by atoms with Crippen LogP contribution in [0, 0.1) is 19.7 Å². The standard InChI is InChI=1S/C27H33ClFN5O/c1-16-9-19(11-27-30-14-24(28)26(31-27)12-20-10-17(2)32-33-20)25(29)13-23(16)18-3-5-21(6-4-18)34-8-7-22(35)15-34/h9-10,13-14,18,21-22,35H,3-8,11-12,15H2,1-2H3,(H,32,33)/t18?,21?,22-/m0/s1. The summed E-state index contributed by atoms with van der Waals surface area (Å²) in [5, 5.41) is 17.5. The van der Waals surface area contributed by atoms with Crippen LogP contribution >= 0.6 is 11.6 Å². The third-order valence-electron chi connectivity index (χ3n) is 7.61. The number of halogens is 2. The number of benzene rings is 1. The third-order valence-corrected chi connectivity index (χ3v) is 7.92. The molecule has 0 unspecified atom stereocenters. The Kier molecular flexibility index (Phi) is 7.19. The Morgan fingerprint density at radius 3 is 2.60 bits per heavy atom. The average Bonchev–Trinajstić information content (AvgIpc) is 3.46. The summed E-state index contributed by atoms with van der Waals surface area (Å²) in [4.78, 5) is 11.4. The smallest absolute Gasteiger partial charge is 0.133 e. The van der Waals surface area contributed by atoms with Gasteiger partial charge in [0.15, 0.2) is 0 Å². The molecule has 5 rings (SSSR count). The quantitative estimate of drug-likeness (QED) is 0.507. The molecule has 0 amide bonds. The molecule has 1 saturated heterocycles. The molecule has 0 bridgehead atoms. The van der Waals surface area contributed by atoms with Crippen LogP contribution in [0.1, 0.15) is 77.6 Å². The number of hydrogen-bond acceptors (Lipinski definition) is 5. The molecule has 1 aromatic carbocycles. The minimum Gasteiger partial charge on any atom is -0.392 e. The zero-order valence-corrected chi connectivity index (χ0v) is 21.2. The highest BCUT2D eigenvalue weighted by Crippen LogP contribution is 2.38. The van der Waals surface area contributed by atoms with Crippen molar-refractivity contribution in [3.63, 3.8) is 0 Å². The lowest BCUT2D eigenvalue weighted by Gasteiger charge is -2.35. The van der Waals surface area contributed by atoms with Gasteiger partial charge in [-0.05, 0) is 80.7 Å². The number of likely N-dealkylation sites (tertiary alicyclic amines) is 1. The molecule has 3 aromatic rings. The Morgan fingerprint density at radius 2 is 1.91 bits per heavy atom. The van der Waals surface area contributed by atoms with Crippen molar-refractivity contribution in [1.29, 1.82) is 0 Å². The van der Waals surface area contributed by atoms with Gasteiger partial charge >= 0.3 is 0 Å². The molecule has 186 valence electrons. The first-order chi connectivity index (χ1) is 16.9. The van der Waals surface area contributed by atoms with E-state index in [1.807, 2.05) is 19.1 Å². The fraction of sp³-hybridized carbons (Fsp3) is 0.519. The predicted molar refractivity (Wildman–Crippen MR) is 134 cm³/mol. The zero-order valence-electron chi connectivity index (χ0n) is 20.4. The van der Waals surface area contributed by atoms with E-state index in [0.717, 1.165) is 67.7 Å². The van der Waals surface area contributed by atoms with E-state index in [1.54, 1.807) is 12.3 Å². The van der Waals surface area contributed by atoms with Crippen LogP contribution in [0.2, 0.25) is 5.02 Å². The van der Waals surface area contributed by atoms with Crippen LogP contribution in [0.25, 0.3) is 0 Å². The van der Waals surface area contributed by atoms with Gasteiger partial charge in [0.1, 0.15) is 11.6 Å². The summed E-state index contributed by atoms with van der Waals surface area (Å²) in [5.74, 6) is 0.743. The maximum absolute atomic E-state index is 15.2. The molecule has 6 nitrogen and oxygen atoms in total. The van der Waals surface area contributed by atoms with E-state index in [-0.39, 0.29) is 11.9 Å². The average molecular weight is 498 g/mol. The lowest BCUT2D eigenvalue weighted by atomic mass is 9.79. The van der Waals surface area contributed by atoms with Crippen molar-refractivity contribution in [3.05, 3.63) is 74.8 Å². The molecule has 35 heavy (non-hydrogen) atoms. The number of nitrogens with zero attached hydrogens (tertiary/aromatic N) is 4. The third kappa shape index (κ3) is 5.57. The summed E-state index contributed by atoms with van der Waals surface area (Å²) in [6, 6.07) is 6.21. The van der Waals surface area contributed by atoms with Gasteiger partial charge in [-0.2, -0.15) is 5.10 Å². The molecule has 8 heteroatoms. The number of rotatable bonds is 6. The summed E-state index contributed by atoms with van der Waals surface area (Å²) in [6.07, 6.45) is 7.46. The van der Waals surface area contributed by atoms with Crippen LogP contribution in [-0.2, 0) is 12.8 Å². The monoisotopic (exact) mass is 497 g/mol. The number of aryl methyl sites for hydroxylation is 2. The first-order valence-electron chi connectivity index (χ1n) is 12.6. The van der Waals surface area contributed by atoms with E-state index in [4.69, 9.17) is 11.6 Å². The molecule has 2 fully saturated rings. The number of hydrogen-bond donors (Lipinski definition) is 2. The Bertz CT molecular complexity index is 1190. The molecule has 1 saturated carbocycles. The van der Waals surface area contributed by atoms with Crippen molar-refractivity contribution in [1.82, 2.24) is 25.1 Å². The Labute approximate surface area is 211 Å². The summed E-state index contributed by atoms with van der Waals surface area (Å²) < 4.78 is 15.2. The number of aliphatic hydroxyl groups excluding tert-OH is 1. The van der Waals surface area contributed by atoms with Gasteiger partial charge in [-0.15, -0.1) is 0 Å². The van der Waals surface area contributed by atoms with Crippen molar-refractivity contribution in [3.8, 4) is 0 Å². The fourth-order valence-electron chi connectivity index (χ4n) is 5.74. The summed E-state index contributed by atoms with van der Waals surface area (Å²) >= 11 is 6.33. The van der Waals surface area contributed by atoms with Gasteiger partial charge in [0, 0.05) is 43.9 Å². The lowest BCUT2D eigenvalue weighted by molar-refractivity contribution is 0.138. The normalized spacial score (nSPS) is 23.2. The van der Waals surface area contributed by atoms with Gasteiger partial charge in [-0.3, -0.25) is 10.00 Å². The van der Waals surface area contributed by atoms with Crippen LogP contribution in [0.15, 0.2) is 24.4 Å². The van der Waals surface area contributed by atoms with Crippen molar-refractivity contribution in [2.45, 2.75) is 76.9 Å². The van der Waals surface area contributed by atoms with Crippen LogP contribution in [0.5, 0.6) is 0 Å². The Balaban J connectivity index is 1.27. The second-order valence-electron chi connectivity index (χ2n) is 10.2. The molecular weight excluding hydrogens is 465 g/mol. The van der Waals surface area contributed by atoms with E-state index in [2.05, 4.69) is 32.0 Å². The van der Waals surface area contributed by atoms with E-state index in [1.165, 1.54) is 0 Å². The van der Waals surface area contributed by atoms with Crippen molar-refractivity contribution in [2.24, 2.45) is 0 Å². The Hall–Kier alpha value is -2.35. The summed E-state index contributed by atoms with van der Waals surface area (Å²) in [5.41, 5.74) is 5.39. The van der Waals surface area contributed by atoms with Crippen molar-refractivity contribution >= 4 is 11.6 Å². The van der Waals surface area contributed by atoms with E-state index >= 15 is 4.39 Å². The van der Waals surface area contributed by atoms with Crippen LogP contribution < -0.4 is 0 Å². The molecular formula is C27H33ClFN5O. The summed E-state index contributed by atoms with van der Waals surface area (Å²) in [6.45, 7) is 5.82. The zero-order chi connectivity index (χ0) is 24.5. The van der Waals surface area contributed by atoms with Gasteiger partial charge in [-0.25, -0.2) is 14.4 Å². The van der Waals surface area contributed by atoms with Crippen LogP contribution in [-0.4, -0.2) is 55.4 Å². The molecule has 2 N–H and O–H groups in total. The number of aliphatic hydroxyl groups is 1. The number of H-pyrrole nitrogens is 1. The van der Waals surface area contributed by atoms with Crippen LogP contribution in [0.3, 0.4) is 0 Å². The first-order valence-corrected chi connectivity index (χ1v) is 13.0. The highest BCUT2D eigenvalue weighted by atomic mass is 35.5. The minimum atomic E-state index is -0.196. The highest BCUT2D eigenvalue weighted by molar-refractivity contribution is 6.31. The van der Waals surface area contributed by atoms with Gasteiger partial charge in [0.2, 0.25) is 0 Å². The molecule has 1 atom stereocenters. The van der Waals surface area contributed by atoms with Crippen molar-refractivity contribution < 1.29 is 9.50 Å². The van der Waals surface area contributed by atoms with Crippen LogP contribution in [0.4, 0.5) is 4.39 Å². The predicted octanol–water partition coefficient (Wildman–Crippen LogP) is 4.88. The highest BCUT2D eigenvalue weighted by Gasteiger charge is 2.31. The maximum atomic E-state index is 15.2. The number of aromatic amines is 1. The lowest BCUT2D eigenvalue weighted by Crippen LogP contribution is -2.36. The second-order valence-corrected chi connectivity index (χ2v) is 10.6. The first kappa shape index (κ1) is 24.3. The second kappa shape index (κ2) is 10.3. The van der Waals surface area contributed by atoms with Gasteiger partial charge < -0.3 is 5.11 Å². The van der Waals surface area contributed by atoms with Gasteiger partial charge in [0.25, 0.3) is 0 Å². The molecule has 2 aromatic heterocycles. The fourth-order valence-corrected chi connectivity index (χ4v) is 5.90. The molecule has 0 radical (unpaired) electrons. The van der Waals surface area contributed by atoms with E-state index < -0.39 is 0 Å². The van der Waals surface area contributed by atoms with Gasteiger partial charge in [-0.1, -0.05) is 17.7 Å². The SMILES string of the molecule is Cc1cc(Cc2nc(Cc3cc(C)c(C4CCC(N5CC[C@H](O)C5)CC4)cc3F)ncc2Cl)n[nH]1. The molecule has 2 aliphatic rings. The van der Waals surface area contributed by atoms with Gasteiger partial charge in [0.05, 0.1) is 22.5 Å². The largest absolute Gasteiger partial charge is 0.392 e. The molecule has 0 spiro atoms. The Morgan fingerprint density at radius 1 is 1.11 bits per heavy atom. The topological polar surface area (TPSA) is 77.9 Å². The van der Waals surface area contributed by atoms with E-state index in [0.29, 0.717) is 46.9 Å². The van der Waals surface area contributed by atoms with E-state index in [9.17, 15) is 5.11 Å². The molecule has 1 aliphatic carbocycles. The van der Waals surface area contributed by atoms with Crippen molar-refractivity contribution in [2.75, 3.05) is 13.1 Å². The minimum absolute atomic E-state index is 0.174. The summed E-state index contributed by atoms with van der Waals surface area (Å²) in [7, 11) is 0.